The van der Waals surface area contributed by atoms with Gasteiger partial charge in [-0.2, -0.15) is 0 Å². The summed E-state index contributed by atoms with van der Waals surface area (Å²) < 4.78 is 35.8. The number of carbonyl (C=O) groups excluding carboxylic acids is 4. The Balaban J connectivity index is 1.51. The van der Waals surface area contributed by atoms with Gasteiger partial charge in [-0.05, 0) is 31.6 Å². The van der Waals surface area contributed by atoms with Crippen molar-refractivity contribution in [2.24, 2.45) is 0 Å². The lowest BCUT2D eigenvalue weighted by Gasteiger charge is -2.46. The Morgan fingerprint density at radius 2 is 1.70 bits per heavy atom. The number of fused-ring (bicyclic) bond motifs is 2. The number of nitrogens with one attached hydrogen (secondary N) is 2. The van der Waals surface area contributed by atoms with Gasteiger partial charge in [0.1, 0.15) is 11.8 Å². The molecule has 5 rings (SSSR count). The van der Waals surface area contributed by atoms with Crippen molar-refractivity contribution < 1.29 is 32.7 Å². The van der Waals surface area contributed by atoms with Crippen LogP contribution in [0.1, 0.15) is 52.0 Å². The third-order valence-corrected chi connectivity index (χ3v) is 6.42. The Morgan fingerprint density at radius 1 is 1.03 bits per heavy atom. The molecule has 1 atom stereocenters. The van der Waals surface area contributed by atoms with Gasteiger partial charge in [-0.25, -0.2) is 8.78 Å². The second-order valence-corrected chi connectivity index (χ2v) is 8.18. The molecule has 30 heavy (non-hydrogen) atoms. The van der Waals surface area contributed by atoms with E-state index in [-0.39, 0.29) is 48.1 Å². The van der Waals surface area contributed by atoms with Crippen molar-refractivity contribution in [3.05, 3.63) is 28.8 Å². The van der Waals surface area contributed by atoms with E-state index in [9.17, 15) is 19.2 Å². The Kier molecular flexibility index (Phi) is 4.02. The van der Waals surface area contributed by atoms with E-state index in [1.807, 2.05) is 0 Å². The molecular weight excluding hydrogens is 400 g/mol. The standard InChI is InChI=1S/C20H19F2N3O5/c21-20(22)9-10-7-11-12(8-14(10)30-19(20)3-5-23-6-4-19)18(29)25(17(11)28)13-1-2-15(26)24-16(13)27/h7-8,13,23H,1-6,9H2,(H,24,26,27). The largest absolute Gasteiger partial charge is 0.481 e. The van der Waals surface area contributed by atoms with Crippen LogP contribution >= 0.6 is 0 Å². The number of nitrogens with zero attached hydrogens (tertiary/aromatic N) is 1. The number of imide groups is 2. The lowest BCUT2D eigenvalue weighted by molar-refractivity contribution is -0.187. The van der Waals surface area contributed by atoms with Crippen molar-refractivity contribution in [2.75, 3.05) is 13.1 Å². The van der Waals surface area contributed by atoms with Crippen LogP contribution < -0.4 is 15.4 Å². The summed E-state index contributed by atoms with van der Waals surface area (Å²) in [7, 11) is 0. The highest BCUT2D eigenvalue weighted by Crippen LogP contribution is 2.48. The van der Waals surface area contributed by atoms with Gasteiger partial charge in [0.15, 0.2) is 5.60 Å². The highest BCUT2D eigenvalue weighted by molar-refractivity contribution is 6.23. The summed E-state index contributed by atoms with van der Waals surface area (Å²) >= 11 is 0. The van der Waals surface area contributed by atoms with Crippen molar-refractivity contribution in [1.82, 2.24) is 15.5 Å². The number of rotatable bonds is 1. The number of amides is 4. The van der Waals surface area contributed by atoms with Crippen LogP contribution in [0, 0.1) is 0 Å². The van der Waals surface area contributed by atoms with Crippen molar-refractivity contribution >= 4 is 23.6 Å². The van der Waals surface area contributed by atoms with Crippen LogP contribution in [0.5, 0.6) is 5.75 Å². The minimum absolute atomic E-state index is 0.00615. The van der Waals surface area contributed by atoms with Crippen LogP contribution in [0.25, 0.3) is 0 Å². The fraction of sp³-hybridized carbons (Fsp3) is 0.500. The molecule has 0 aliphatic carbocycles. The summed E-state index contributed by atoms with van der Waals surface area (Å²) in [6.07, 6.45) is -0.292. The molecule has 0 saturated carbocycles. The molecule has 0 aromatic heterocycles. The summed E-state index contributed by atoms with van der Waals surface area (Å²) in [6.45, 7) is 0.799. The van der Waals surface area contributed by atoms with E-state index in [1.165, 1.54) is 12.1 Å². The molecule has 2 saturated heterocycles. The van der Waals surface area contributed by atoms with Crippen molar-refractivity contribution in [2.45, 2.75) is 49.7 Å². The molecule has 4 aliphatic heterocycles. The Hall–Kier alpha value is -2.88. The molecule has 8 nitrogen and oxygen atoms in total. The number of ether oxygens (including phenoxy) is 1. The van der Waals surface area contributed by atoms with Crippen LogP contribution in [0.4, 0.5) is 8.78 Å². The second-order valence-electron chi connectivity index (χ2n) is 8.18. The molecule has 1 aromatic rings. The van der Waals surface area contributed by atoms with E-state index in [4.69, 9.17) is 4.74 Å². The number of alkyl halides is 2. The predicted octanol–water partition coefficient (Wildman–Crippen LogP) is 0.780. The van der Waals surface area contributed by atoms with E-state index in [0.717, 1.165) is 4.90 Å². The minimum atomic E-state index is -3.12. The molecule has 158 valence electrons. The molecule has 10 heteroatoms. The summed E-state index contributed by atoms with van der Waals surface area (Å²) in [4.78, 5) is 50.2. The van der Waals surface area contributed by atoms with E-state index in [1.54, 1.807) is 0 Å². The van der Waals surface area contributed by atoms with Crippen LogP contribution in [-0.4, -0.2) is 59.2 Å². The van der Waals surface area contributed by atoms with Gasteiger partial charge in [-0.1, -0.05) is 0 Å². The molecule has 2 N–H and O–H groups in total. The van der Waals surface area contributed by atoms with Gasteiger partial charge in [0.2, 0.25) is 11.8 Å². The number of halogens is 2. The van der Waals surface area contributed by atoms with Gasteiger partial charge in [-0.3, -0.25) is 29.4 Å². The van der Waals surface area contributed by atoms with Crippen molar-refractivity contribution in [3.8, 4) is 5.75 Å². The average molecular weight is 419 g/mol. The maximum atomic E-state index is 15.0. The highest BCUT2D eigenvalue weighted by atomic mass is 19.3. The van der Waals surface area contributed by atoms with Gasteiger partial charge >= 0.3 is 0 Å². The van der Waals surface area contributed by atoms with Gasteiger partial charge in [0, 0.05) is 31.2 Å². The number of carbonyl (C=O) groups is 4. The lowest BCUT2D eigenvalue weighted by atomic mass is 9.80. The summed E-state index contributed by atoms with van der Waals surface area (Å²) in [5.41, 5.74) is -1.48. The van der Waals surface area contributed by atoms with Gasteiger partial charge in [0.25, 0.3) is 17.7 Å². The molecule has 4 heterocycles. The van der Waals surface area contributed by atoms with Crippen LogP contribution in [0.15, 0.2) is 12.1 Å². The molecule has 1 spiro atoms. The first-order valence-corrected chi connectivity index (χ1v) is 9.88. The molecule has 1 unspecified atom stereocenters. The van der Waals surface area contributed by atoms with E-state index in [2.05, 4.69) is 10.6 Å². The number of benzene rings is 1. The predicted molar refractivity (Wildman–Crippen MR) is 97.2 cm³/mol. The molecule has 4 aliphatic rings. The van der Waals surface area contributed by atoms with Gasteiger partial charge < -0.3 is 10.1 Å². The SMILES string of the molecule is O=C1CCC(N2C(=O)c3cc4c(cc3C2=O)OC2(CCNCC2)C(F)(F)C4)C(=O)N1. The first-order chi connectivity index (χ1) is 14.2. The first-order valence-electron chi connectivity index (χ1n) is 9.88. The van der Waals surface area contributed by atoms with E-state index in [0.29, 0.717) is 13.1 Å². The lowest BCUT2D eigenvalue weighted by Crippen LogP contribution is -2.60. The van der Waals surface area contributed by atoms with E-state index >= 15 is 8.78 Å². The van der Waals surface area contributed by atoms with Crippen LogP contribution in [-0.2, 0) is 16.0 Å². The Labute approximate surface area is 169 Å². The smallest absolute Gasteiger partial charge is 0.291 e. The third-order valence-electron chi connectivity index (χ3n) is 6.42. The molecule has 0 radical (unpaired) electrons. The number of piperidine rings is 2. The zero-order valence-corrected chi connectivity index (χ0v) is 15.9. The van der Waals surface area contributed by atoms with Gasteiger partial charge in [0.05, 0.1) is 11.1 Å². The van der Waals surface area contributed by atoms with Gasteiger partial charge in [-0.15, -0.1) is 0 Å². The molecule has 1 aromatic carbocycles. The van der Waals surface area contributed by atoms with Crippen LogP contribution in [0.2, 0.25) is 0 Å². The molecule has 0 bridgehead atoms. The summed E-state index contributed by atoms with van der Waals surface area (Å²) in [5.74, 6) is -5.54. The Morgan fingerprint density at radius 3 is 2.37 bits per heavy atom. The summed E-state index contributed by atoms with van der Waals surface area (Å²) in [5, 5.41) is 5.17. The monoisotopic (exact) mass is 419 g/mol. The Bertz CT molecular complexity index is 1000. The van der Waals surface area contributed by atoms with E-state index < -0.39 is 47.6 Å². The fourth-order valence-corrected chi connectivity index (χ4v) is 4.76. The zero-order valence-electron chi connectivity index (χ0n) is 15.9. The minimum Gasteiger partial charge on any atom is -0.481 e. The maximum absolute atomic E-state index is 15.0. The quantitative estimate of drug-likeness (QED) is 0.652. The molecular formula is C20H19F2N3O5. The normalized spacial score (nSPS) is 26.9. The maximum Gasteiger partial charge on any atom is 0.291 e. The first kappa shape index (κ1) is 19.1. The topological polar surface area (TPSA) is 105 Å². The average Bonchev–Trinajstić information content (AvgIpc) is 2.92. The highest BCUT2D eigenvalue weighted by Gasteiger charge is 2.59. The van der Waals surface area contributed by atoms with Crippen molar-refractivity contribution in [3.63, 3.8) is 0 Å². The number of hydrogen-bond acceptors (Lipinski definition) is 6. The molecule has 4 amide bonds. The zero-order chi connectivity index (χ0) is 21.3. The second kappa shape index (κ2) is 6.31. The fourth-order valence-electron chi connectivity index (χ4n) is 4.76. The van der Waals surface area contributed by atoms with Crippen molar-refractivity contribution in [1.29, 1.82) is 0 Å². The van der Waals surface area contributed by atoms with Crippen LogP contribution in [0.3, 0.4) is 0 Å². The third kappa shape index (κ3) is 2.59. The number of hydrogen-bond donors (Lipinski definition) is 2. The summed E-state index contributed by atoms with van der Waals surface area (Å²) in [6, 6.07) is 1.51. The molecule has 2 fully saturated rings.